The molecule has 0 aliphatic heterocycles. The number of nitrogens with one attached hydrogen (secondary N) is 1. The molecule has 6 nitrogen and oxygen atoms in total. The standard InChI is InChI=1S/C59H97NO5/c1-4-7-10-13-16-19-22-25-28-29-31-34-37-40-43-46-49-52-59(64)65-55(50-47-44-41-38-35-32-27-24-21-18-15-12-9-6-3)53-58(63)60-56(54-61)57(62)51-48-45-42-39-36-33-30-26-23-20-17-14-11-8-5-2/h7,9-10,12-13,16,18-19,21-22,25,27-29,31-32,34,37-38,41,55-57,61-62H,4-6,8,11,14-15,17,20,23-24,26,30,33,35-36,39-40,42-54H2,1-3H3,(H,60,63)/b10-7-,12-9+,16-13+,21-18+,22-19+,28-25-,31-29+,32-27+,37-34+,41-38+. The highest BCUT2D eigenvalue weighted by Gasteiger charge is 2.24. The molecule has 0 aliphatic carbocycles. The Morgan fingerprint density at radius 1 is 0.477 bits per heavy atom. The zero-order valence-corrected chi connectivity index (χ0v) is 41.8. The third-order valence-corrected chi connectivity index (χ3v) is 11.2. The van der Waals surface area contributed by atoms with E-state index in [4.69, 9.17) is 4.74 Å². The van der Waals surface area contributed by atoms with Gasteiger partial charge in [-0.1, -0.05) is 245 Å². The van der Waals surface area contributed by atoms with Gasteiger partial charge < -0.3 is 20.3 Å². The van der Waals surface area contributed by atoms with Crippen molar-refractivity contribution in [1.82, 2.24) is 5.32 Å². The molecule has 368 valence electrons. The molecule has 6 heteroatoms. The Morgan fingerprint density at radius 3 is 1.45 bits per heavy atom. The Bertz CT molecular complexity index is 1380. The summed E-state index contributed by atoms with van der Waals surface area (Å²) in [5, 5.41) is 23.8. The maximum atomic E-state index is 13.2. The topological polar surface area (TPSA) is 95.9 Å². The van der Waals surface area contributed by atoms with E-state index in [0.29, 0.717) is 19.3 Å². The second-order valence-corrected chi connectivity index (χ2v) is 17.3. The van der Waals surface area contributed by atoms with Crippen molar-refractivity contribution in [2.45, 2.75) is 232 Å². The van der Waals surface area contributed by atoms with Crippen LogP contribution < -0.4 is 5.32 Å². The van der Waals surface area contributed by atoms with Crippen molar-refractivity contribution in [3.63, 3.8) is 0 Å². The zero-order chi connectivity index (χ0) is 47.4. The predicted octanol–water partition coefficient (Wildman–Crippen LogP) is 16.1. The fourth-order valence-corrected chi connectivity index (χ4v) is 7.28. The van der Waals surface area contributed by atoms with Crippen molar-refractivity contribution in [3.05, 3.63) is 122 Å². The third-order valence-electron chi connectivity index (χ3n) is 11.2. The lowest BCUT2D eigenvalue weighted by molar-refractivity contribution is -0.151. The van der Waals surface area contributed by atoms with E-state index in [1.165, 1.54) is 77.0 Å². The average molecular weight is 900 g/mol. The average Bonchev–Trinajstić information content (AvgIpc) is 3.30. The van der Waals surface area contributed by atoms with E-state index in [0.717, 1.165) is 89.9 Å². The van der Waals surface area contributed by atoms with Crippen molar-refractivity contribution in [2.24, 2.45) is 0 Å². The first-order chi connectivity index (χ1) is 32.0. The molecule has 3 N–H and O–H groups in total. The molecule has 1 amide bonds. The lowest BCUT2D eigenvalue weighted by Gasteiger charge is -2.24. The lowest BCUT2D eigenvalue weighted by Crippen LogP contribution is -2.46. The van der Waals surface area contributed by atoms with Crippen LogP contribution in [0.4, 0.5) is 0 Å². The number of rotatable bonds is 45. The van der Waals surface area contributed by atoms with Crippen molar-refractivity contribution in [2.75, 3.05) is 6.61 Å². The Morgan fingerprint density at radius 2 is 0.923 bits per heavy atom. The molecule has 65 heavy (non-hydrogen) atoms. The summed E-state index contributed by atoms with van der Waals surface area (Å²) in [6, 6.07) is -0.737. The minimum Gasteiger partial charge on any atom is -0.462 e. The number of unbranched alkanes of at least 4 members (excludes halogenated alkanes) is 18. The molecule has 3 unspecified atom stereocenters. The largest absolute Gasteiger partial charge is 0.462 e. The SMILES string of the molecule is CC\C=C/C=C/C=C/C=C\C=C\C=C\CCCCCC(=O)OC(CCC/C=C/C/C=C/C/C=C/C/C=C/CC)CC(=O)NC(CO)C(O)CCCCCCCCCCCCCCCCC. The van der Waals surface area contributed by atoms with E-state index in [9.17, 15) is 19.8 Å². The van der Waals surface area contributed by atoms with Crippen LogP contribution in [0.5, 0.6) is 0 Å². The normalized spacial score (nSPS) is 14.2. The van der Waals surface area contributed by atoms with Gasteiger partial charge in [-0.05, 0) is 77.0 Å². The molecule has 0 spiro atoms. The monoisotopic (exact) mass is 900 g/mol. The van der Waals surface area contributed by atoms with Crippen LogP contribution in [0, 0.1) is 0 Å². The van der Waals surface area contributed by atoms with Crippen LogP contribution in [0.15, 0.2) is 122 Å². The highest BCUT2D eigenvalue weighted by Crippen LogP contribution is 2.17. The maximum absolute atomic E-state index is 13.2. The minimum absolute atomic E-state index is 0.0135. The number of aliphatic hydroxyl groups excluding tert-OH is 2. The van der Waals surface area contributed by atoms with E-state index in [1.807, 2.05) is 60.8 Å². The van der Waals surface area contributed by atoms with Gasteiger partial charge in [0.2, 0.25) is 5.91 Å². The van der Waals surface area contributed by atoms with Crippen LogP contribution >= 0.6 is 0 Å². The quantitative estimate of drug-likeness (QED) is 0.0245. The van der Waals surface area contributed by atoms with Crippen LogP contribution in [0.1, 0.15) is 213 Å². The first kappa shape index (κ1) is 61.3. The van der Waals surface area contributed by atoms with Gasteiger partial charge in [-0.15, -0.1) is 0 Å². The number of carbonyl (C=O) groups is 2. The smallest absolute Gasteiger partial charge is 0.306 e. The molecule has 0 aliphatic rings. The first-order valence-electron chi connectivity index (χ1n) is 26.3. The molecular formula is C59H97NO5. The summed E-state index contributed by atoms with van der Waals surface area (Å²) >= 11 is 0. The molecule has 0 aromatic heterocycles. The van der Waals surface area contributed by atoms with E-state index in [1.54, 1.807) is 0 Å². The molecule has 0 rings (SSSR count). The van der Waals surface area contributed by atoms with Crippen molar-refractivity contribution in [1.29, 1.82) is 0 Å². The van der Waals surface area contributed by atoms with E-state index in [2.05, 4.69) is 86.8 Å². The van der Waals surface area contributed by atoms with Crippen molar-refractivity contribution < 1.29 is 24.5 Å². The summed E-state index contributed by atoms with van der Waals surface area (Å²) < 4.78 is 5.89. The first-order valence-corrected chi connectivity index (χ1v) is 26.3. The number of ether oxygens (including phenoxy) is 1. The Kier molecular flexibility index (Phi) is 48.3. The highest BCUT2D eigenvalue weighted by atomic mass is 16.5. The van der Waals surface area contributed by atoms with Crippen molar-refractivity contribution in [3.8, 4) is 0 Å². The molecule has 0 radical (unpaired) electrons. The molecule has 0 aromatic rings. The molecule has 0 heterocycles. The van der Waals surface area contributed by atoms with Gasteiger partial charge in [0.05, 0.1) is 25.2 Å². The number of allylic oxidation sites excluding steroid dienone is 20. The summed E-state index contributed by atoms with van der Waals surface area (Å²) in [5.74, 6) is -0.591. The van der Waals surface area contributed by atoms with Crippen LogP contribution in [-0.2, 0) is 14.3 Å². The number of amides is 1. The summed E-state index contributed by atoms with van der Waals surface area (Å²) in [7, 11) is 0. The number of carbonyl (C=O) groups excluding carboxylic acids is 2. The van der Waals surface area contributed by atoms with Crippen LogP contribution in [0.25, 0.3) is 0 Å². The van der Waals surface area contributed by atoms with Gasteiger partial charge in [-0.3, -0.25) is 9.59 Å². The second kappa shape index (κ2) is 51.2. The molecular weight excluding hydrogens is 803 g/mol. The van der Waals surface area contributed by atoms with E-state index < -0.39 is 18.2 Å². The summed E-state index contributed by atoms with van der Waals surface area (Å²) in [6.45, 7) is 6.19. The number of esters is 1. The third kappa shape index (κ3) is 46.6. The number of aliphatic hydroxyl groups is 2. The minimum atomic E-state index is -0.819. The summed E-state index contributed by atoms with van der Waals surface area (Å²) in [4.78, 5) is 26.2. The van der Waals surface area contributed by atoms with Crippen LogP contribution in [0.3, 0.4) is 0 Å². The van der Waals surface area contributed by atoms with E-state index in [-0.39, 0.29) is 24.9 Å². The Balaban J connectivity index is 4.76. The van der Waals surface area contributed by atoms with Crippen molar-refractivity contribution >= 4 is 11.9 Å². The molecule has 0 aromatic carbocycles. The van der Waals surface area contributed by atoms with Gasteiger partial charge in [0.1, 0.15) is 6.10 Å². The molecule has 0 fully saturated rings. The summed E-state index contributed by atoms with van der Waals surface area (Å²) in [6.07, 6.45) is 71.1. The Hall–Kier alpha value is -3.74. The molecule has 0 saturated heterocycles. The van der Waals surface area contributed by atoms with Gasteiger partial charge in [-0.2, -0.15) is 0 Å². The fourth-order valence-electron chi connectivity index (χ4n) is 7.28. The molecule has 3 atom stereocenters. The zero-order valence-electron chi connectivity index (χ0n) is 41.8. The molecule has 0 bridgehead atoms. The lowest BCUT2D eigenvalue weighted by atomic mass is 10.0. The van der Waals surface area contributed by atoms with E-state index >= 15 is 0 Å². The van der Waals surface area contributed by atoms with Gasteiger partial charge in [-0.25, -0.2) is 0 Å². The number of hydrogen-bond acceptors (Lipinski definition) is 5. The van der Waals surface area contributed by atoms with Gasteiger partial charge in [0.25, 0.3) is 0 Å². The predicted molar refractivity (Wildman–Crippen MR) is 282 cm³/mol. The van der Waals surface area contributed by atoms with Crippen LogP contribution in [0.2, 0.25) is 0 Å². The number of hydrogen-bond donors (Lipinski definition) is 3. The highest BCUT2D eigenvalue weighted by molar-refractivity contribution is 5.77. The fraction of sp³-hybridized carbons (Fsp3) is 0.627. The molecule has 0 saturated carbocycles. The maximum Gasteiger partial charge on any atom is 0.306 e. The van der Waals surface area contributed by atoms with Gasteiger partial charge >= 0.3 is 5.97 Å². The Labute approximate surface area is 400 Å². The summed E-state index contributed by atoms with van der Waals surface area (Å²) in [5.41, 5.74) is 0. The van der Waals surface area contributed by atoms with Crippen LogP contribution in [-0.4, -0.2) is 46.9 Å². The van der Waals surface area contributed by atoms with Gasteiger partial charge in [0, 0.05) is 6.42 Å². The van der Waals surface area contributed by atoms with Gasteiger partial charge in [0.15, 0.2) is 0 Å². The second-order valence-electron chi connectivity index (χ2n) is 17.3.